The summed E-state index contributed by atoms with van der Waals surface area (Å²) in [5.74, 6) is 0. The quantitative estimate of drug-likeness (QED) is 0.765. The summed E-state index contributed by atoms with van der Waals surface area (Å²) >= 11 is 0. The number of aliphatic hydroxyl groups is 1. The molecule has 0 amide bonds. The first kappa shape index (κ1) is 12.9. The Kier molecular flexibility index (Phi) is 3.33. The summed E-state index contributed by atoms with van der Waals surface area (Å²) in [4.78, 5) is 0. The zero-order chi connectivity index (χ0) is 14.1. The molecule has 0 spiro atoms. The smallest absolute Gasteiger partial charge is 0.0682 e. The lowest BCUT2D eigenvalue weighted by molar-refractivity contribution is 0.282. The van der Waals surface area contributed by atoms with Crippen LogP contribution < -0.4 is 0 Å². The van der Waals surface area contributed by atoms with Gasteiger partial charge in [-0.05, 0) is 48.6 Å². The van der Waals surface area contributed by atoms with E-state index in [-0.39, 0.29) is 6.61 Å². The van der Waals surface area contributed by atoms with E-state index in [0.29, 0.717) is 0 Å². The normalized spacial score (nSPS) is 11.2. The topological polar surface area (TPSA) is 25.2 Å². The van der Waals surface area contributed by atoms with Gasteiger partial charge < -0.3 is 9.67 Å². The van der Waals surface area contributed by atoms with Crippen molar-refractivity contribution in [3.05, 3.63) is 70.9 Å². The largest absolute Gasteiger partial charge is 0.392 e. The fourth-order valence-electron chi connectivity index (χ4n) is 2.84. The second-order valence-electron chi connectivity index (χ2n) is 5.49. The minimum Gasteiger partial charge on any atom is -0.392 e. The molecule has 102 valence electrons. The van der Waals surface area contributed by atoms with Crippen LogP contribution in [0.1, 0.15) is 22.3 Å². The van der Waals surface area contributed by atoms with Crippen LogP contribution in [0.5, 0.6) is 0 Å². The van der Waals surface area contributed by atoms with E-state index < -0.39 is 0 Å². The van der Waals surface area contributed by atoms with Crippen molar-refractivity contribution in [3.63, 3.8) is 0 Å². The average molecular weight is 265 g/mol. The fraction of sp³-hybridized carbons (Fsp3) is 0.222. The van der Waals surface area contributed by atoms with Crippen LogP contribution in [0.15, 0.2) is 48.7 Å². The molecule has 3 aromatic rings. The van der Waals surface area contributed by atoms with E-state index in [2.05, 4.69) is 54.9 Å². The molecule has 1 aromatic heterocycles. The summed E-state index contributed by atoms with van der Waals surface area (Å²) < 4.78 is 2.25. The second kappa shape index (κ2) is 5.14. The maximum Gasteiger partial charge on any atom is 0.0682 e. The van der Waals surface area contributed by atoms with E-state index in [1.54, 1.807) is 0 Å². The monoisotopic (exact) mass is 265 g/mol. The van der Waals surface area contributed by atoms with E-state index >= 15 is 0 Å². The van der Waals surface area contributed by atoms with Crippen molar-refractivity contribution in [2.24, 2.45) is 0 Å². The lowest BCUT2D eigenvalue weighted by atomic mass is 10.1. The van der Waals surface area contributed by atoms with Crippen LogP contribution in [0.4, 0.5) is 0 Å². The van der Waals surface area contributed by atoms with Crippen molar-refractivity contribution in [3.8, 4) is 0 Å². The number of nitrogens with zero attached hydrogens (tertiary/aromatic N) is 1. The molecule has 2 aromatic carbocycles. The number of aryl methyl sites for hydroxylation is 2. The molecule has 0 unspecified atom stereocenters. The van der Waals surface area contributed by atoms with Gasteiger partial charge in [-0.1, -0.05) is 35.4 Å². The van der Waals surface area contributed by atoms with Crippen LogP contribution in [-0.2, 0) is 13.2 Å². The van der Waals surface area contributed by atoms with Crippen molar-refractivity contribution < 1.29 is 5.11 Å². The Morgan fingerprint density at radius 3 is 2.35 bits per heavy atom. The van der Waals surface area contributed by atoms with Crippen LogP contribution in [0.3, 0.4) is 0 Å². The SMILES string of the molecule is Cc1cc(C)cc(Cn2ccc3cc(CO)ccc32)c1. The van der Waals surface area contributed by atoms with Crippen LogP contribution in [0.25, 0.3) is 10.9 Å². The van der Waals surface area contributed by atoms with Crippen molar-refractivity contribution in [1.82, 2.24) is 4.57 Å². The Bertz CT molecular complexity index is 735. The van der Waals surface area contributed by atoms with Crippen molar-refractivity contribution >= 4 is 10.9 Å². The molecule has 2 nitrogen and oxygen atoms in total. The molecule has 0 fully saturated rings. The van der Waals surface area contributed by atoms with Crippen molar-refractivity contribution in [2.45, 2.75) is 27.0 Å². The van der Waals surface area contributed by atoms with Gasteiger partial charge in [-0.2, -0.15) is 0 Å². The molecule has 0 saturated heterocycles. The van der Waals surface area contributed by atoms with E-state index in [4.69, 9.17) is 0 Å². The zero-order valence-electron chi connectivity index (χ0n) is 11.9. The van der Waals surface area contributed by atoms with Gasteiger partial charge in [-0.3, -0.25) is 0 Å². The Labute approximate surface area is 119 Å². The molecule has 2 heteroatoms. The van der Waals surface area contributed by atoms with Crippen LogP contribution >= 0.6 is 0 Å². The third-order valence-electron chi connectivity index (χ3n) is 3.65. The number of aromatic nitrogens is 1. The molecule has 20 heavy (non-hydrogen) atoms. The Morgan fingerprint density at radius 1 is 0.900 bits per heavy atom. The summed E-state index contributed by atoms with van der Waals surface area (Å²) in [6.07, 6.45) is 2.11. The predicted octanol–water partition coefficient (Wildman–Crippen LogP) is 3.80. The highest BCUT2D eigenvalue weighted by Crippen LogP contribution is 2.20. The summed E-state index contributed by atoms with van der Waals surface area (Å²) in [5.41, 5.74) is 6.10. The van der Waals surface area contributed by atoms with E-state index in [1.807, 2.05) is 12.1 Å². The number of benzene rings is 2. The third kappa shape index (κ3) is 2.47. The third-order valence-corrected chi connectivity index (χ3v) is 3.65. The first-order valence-corrected chi connectivity index (χ1v) is 6.91. The molecule has 0 saturated carbocycles. The van der Waals surface area contributed by atoms with Gasteiger partial charge in [-0.25, -0.2) is 0 Å². The number of hydrogen-bond acceptors (Lipinski definition) is 1. The maximum absolute atomic E-state index is 9.19. The standard InChI is InChI=1S/C18H19NO/c1-13-7-14(2)9-16(8-13)11-19-6-5-17-10-15(12-20)3-4-18(17)19/h3-10,20H,11-12H2,1-2H3. The maximum atomic E-state index is 9.19. The summed E-state index contributed by atoms with van der Waals surface area (Å²) in [5, 5.41) is 10.4. The van der Waals surface area contributed by atoms with Gasteiger partial charge in [0.1, 0.15) is 0 Å². The Hall–Kier alpha value is -2.06. The Balaban J connectivity index is 1.98. The summed E-state index contributed by atoms with van der Waals surface area (Å²) in [6, 6.07) is 14.9. The van der Waals surface area contributed by atoms with Gasteiger partial charge in [0.05, 0.1) is 6.61 Å². The molecular formula is C18H19NO. The van der Waals surface area contributed by atoms with E-state index in [0.717, 1.165) is 12.1 Å². The number of fused-ring (bicyclic) bond motifs is 1. The Morgan fingerprint density at radius 2 is 1.65 bits per heavy atom. The van der Waals surface area contributed by atoms with Crippen molar-refractivity contribution in [2.75, 3.05) is 0 Å². The predicted molar refractivity (Wildman–Crippen MR) is 82.9 cm³/mol. The molecule has 0 atom stereocenters. The first-order valence-electron chi connectivity index (χ1n) is 6.91. The molecule has 0 bridgehead atoms. The van der Waals surface area contributed by atoms with Gasteiger partial charge in [0.25, 0.3) is 0 Å². The molecular weight excluding hydrogens is 246 g/mol. The van der Waals surface area contributed by atoms with Crippen molar-refractivity contribution in [1.29, 1.82) is 0 Å². The highest BCUT2D eigenvalue weighted by atomic mass is 16.3. The minimum atomic E-state index is 0.0954. The van der Waals surface area contributed by atoms with Crippen LogP contribution in [-0.4, -0.2) is 9.67 Å². The minimum absolute atomic E-state index is 0.0954. The molecule has 0 aliphatic rings. The van der Waals surface area contributed by atoms with Gasteiger partial charge in [0, 0.05) is 18.3 Å². The van der Waals surface area contributed by atoms with Crippen LogP contribution in [0, 0.1) is 13.8 Å². The average Bonchev–Trinajstić information content (AvgIpc) is 2.80. The lowest BCUT2D eigenvalue weighted by Gasteiger charge is -2.08. The molecule has 1 N–H and O–H groups in total. The van der Waals surface area contributed by atoms with E-state index in [1.165, 1.54) is 27.6 Å². The van der Waals surface area contributed by atoms with Crippen LogP contribution in [0.2, 0.25) is 0 Å². The zero-order valence-corrected chi connectivity index (χ0v) is 11.9. The van der Waals surface area contributed by atoms with Gasteiger partial charge in [0.2, 0.25) is 0 Å². The number of aliphatic hydroxyl groups excluding tert-OH is 1. The summed E-state index contributed by atoms with van der Waals surface area (Å²) in [6.45, 7) is 5.25. The molecule has 0 aliphatic carbocycles. The highest BCUT2D eigenvalue weighted by molar-refractivity contribution is 5.81. The lowest BCUT2D eigenvalue weighted by Crippen LogP contribution is -1.99. The fourth-order valence-corrected chi connectivity index (χ4v) is 2.84. The van der Waals surface area contributed by atoms with Gasteiger partial charge in [-0.15, -0.1) is 0 Å². The molecule has 0 radical (unpaired) electrons. The second-order valence-corrected chi connectivity index (χ2v) is 5.49. The van der Waals surface area contributed by atoms with Gasteiger partial charge in [0.15, 0.2) is 0 Å². The van der Waals surface area contributed by atoms with E-state index in [9.17, 15) is 5.11 Å². The molecule has 0 aliphatic heterocycles. The molecule has 1 heterocycles. The number of hydrogen-bond donors (Lipinski definition) is 1. The number of rotatable bonds is 3. The highest BCUT2D eigenvalue weighted by Gasteiger charge is 2.04. The van der Waals surface area contributed by atoms with Gasteiger partial charge >= 0.3 is 0 Å². The molecule has 3 rings (SSSR count). The first-order chi connectivity index (χ1) is 9.65. The summed E-state index contributed by atoms with van der Waals surface area (Å²) in [7, 11) is 0.